The number of benzene rings is 9. The Kier molecular flexibility index (Phi) is 8.98. The van der Waals surface area contributed by atoms with Crippen molar-refractivity contribution in [1.29, 1.82) is 0 Å². The van der Waals surface area contributed by atoms with E-state index in [-0.39, 0.29) is 10.8 Å². The van der Waals surface area contributed by atoms with Gasteiger partial charge in [0, 0.05) is 22.2 Å². The maximum Gasteiger partial charge on any atom is 0.0543 e. The Morgan fingerprint density at radius 2 is 1.05 bits per heavy atom. The molecular weight excluding hydrogens is 795 g/mol. The SMILES string of the molecule is CC(C)(C)c1ccc(-c2ccccc2)c(N(c2ccc(-c3ccc4c(c3)C3(c5ccccc5-4)C4CC5CC(C4)C3C5)cc2)c2ccccc2-c2cccc3cccc(-c4ccccc4)c23)c1. The predicted molar refractivity (Wildman–Crippen MR) is 278 cm³/mol. The molecular formula is C65H55N. The monoisotopic (exact) mass is 849 g/mol. The van der Waals surface area contributed by atoms with Gasteiger partial charge in [-0.05, 0) is 157 Å². The number of nitrogens with zero attached hydrogens (tertiary/aromatic N) is 1. The first-order valence-corrected chi connectivity index (χ1v) is 24.4. The van der Waals surface area contributed by atoms with Crippen LogP contribution in [-0.2, 0) is 10.8 Å². The first kappa shape index (κ1) is 39.4. The third kappa shape index (κ3) is 5.98. The molecule has 320 valence electrons. The van der Waals surface area contributed by atoms with E-state index in [0.717, 1.165) is 35.0 Å². The summed E-state index contributed by atoms with van der Waals surface area (Å²) in [6.07, 6.45) is 5.64. The minimum absolute atomic E-state index is 0.0535. The van der Waals surface area contributed by atoms with Gasteiger partial charge < -0.3 is 4.90 Å². The Hall–Kier alpha value is -6.96. The fourth-order valence-corrected chi connectivity index (χ4v) is 13.7. The van der Waals surface area contributed by atoms with Crippen LogP contribution in [0, 0.1) is 23.7 Å². The van der Waals surface area contributed by atoms with E-state index in [1.165, 1.54) is 103 Å². The first-order valence-electron chi connectivity index (χ1n) is 24.4. The van der Waals surface area contributed by atoms with Crippen molar-refractivity contribution in [1.82, 2.24) is 0 Å². The van der Waals surface area contributed by atoms with Crippen LogP contribution in [0.3, 0.4) is 0 Å². The number of hydrogen-bond acceptors (Lipinski definition) is 1. The number of fused-ring (bicyclic) bond motifs is 4. The molecule has 4 saturated carbocycles. The highest BCUT2D eigenvalue weighted by atomic mass is 15.1. The summed E-state index contributed by atoms with van der Waals surface area (Å²) >= 11 is 0. The summed E-state index contributed by atoms with van der Waals surface area (Å²) in [5.74, 6) is 3.33. The number of para-hydroxylation sites is 1. The van der Waals surface area contributed by atoms with Crippen LogP contribution < -0.4 is 4.90 Å². The number of hydrogen-bond donors (Lipinski definition) is 0. The van der Waals surface area contributed by atoms with Gasteiger partial charge >= 0.3 is 0 Å². The highest BCUT2D eigenvalue weighted by Crippen LogP contribution is 2.73. The van der Waals surface area contributed by atoms with Crippen molar-refractivity contribution >= 4 is 27.8 Å². The molecule has 0 aliphatic heterocycles. The molecule has 14 rings (SSSR count). The molecule has 0 radical (unpaired) electrons. The van der Waals surface area contributed by atoms with Crippen molar-refractivity contribution in [3.8, 4) is 55.6 Å². The first-order chi connectivity index (χ1) is 32.3. The number of anilines is 3. The van der Waals surface area contributed by atoms with Gasteiger partial charge in [-0.15, -0.1) is 0 Å². The van der Waals surface area contributed by atoms with E-state index in [1.807, 2.05) is 0 Å². The molecule has 9 aromatic carbocycles. The Morgan fingerprint density at radius 3 is 1.79 bits per heavy atom. The van der Waals surface area contributed by atoms with Crippen molar-refractivity contribution in [3.63, 3.8) is 0 Å². The Bertz CT molecular complexity index is 3310. The third-order valence-electron chi connectivity index (χ3n) is 16.4. The van der Waals surface area contributed by atoms with Crippen molar-refractivity contribution in [2.75, 3.05) is 4.90 Å². The topological polar surface area (TPSA) is 3.24 Å². The van der Waals surface area contributed by atoms with Crippen molar-refractivity contribution < 1.29 is 0 Å². The zero-order valence-electron chi connectivity index (χ0n) is 38.2. The van der Waals surface area contributed by atoms with Crippen molar-refractivity contribution in [2.24, 2.45) is 23.7 Å². The Balaban J connectivity index is 0.999. The molecule has 1 spiro atoms. The molecule has 1 heteroatoms. The summed E-state index contributed by atoms with van der Waals surface area (Å²) in [4.78, 5) is 2.54. The molecule has 0 heterocycles. The molecule has 4 fully saturated rings. The van der Waals surface area contributed by atoms with E-state index in [9.17, 15) is 0 Å². The van der Waals surface area contributed by atoms with Gasteiger partial charge in [0.15, 0.2) is 0 Å². The molecule has 4 bridgehead atoms. The maximum atomic E-state index is 2.62. The van der Waals surface area contributed by atoms with E-state index in [4.69, 9.17) is 0 Å². The minimum Gasteiger partial charge on any atom is -0.309 e. The molecule has 5 unspecified atom stereocenters. The lowest BCUT2D eigenvalue weighted by Crippen LogP contribution is -2.40. The molecule has 0 amide bonds. The summed E-state index contributed by atoms with van der Waals surface area (Å²) in [6, 6.07) is 78.0. The second kappa shape index (κ2) is 15.0. The third-order valence-corrected chi connectivity index (χ3v) is 16.4. The van der Waals surface area contributed by atoms with Gasteiger partial charge in [0.25, 0.3) is 0 Å². The van der Waals surface area contributed by atoms with Crippen LogP contribution in [-0.4, -0.2) is 0 Å². The van der Waals surface area contributed by atoms with Gasteiger partial charge in [0.05, 0.1) is 11.4 Å². The summed E-state index contributed by atoms with van der Waals surface area (Å²) in [6.45, 7) is 6.97. The normalized spacial score (nSPS) is 21.1. The molecule has 0 saturated heterocycles. The largest absolute Gasteiger partial charge is 0.309 e. The van der Waals surface area contributed by atoms with Crippen LogP contribution in [0.2, 0.25) is 0 Å². The van der Waals surface area contributed by atoms with Crippen LogP contribution >= 0.6 is 0 Å². The molecule has 5 aliphatic carbocycles. The Morgan fingerprint density at radius 1 is 0.424 bits per heavy atom. The highest BCUT2D eigenvalue weighted by Gasteiger charge is 2.65. The molecule has 1 nitrogen and oxygen atoms in total. The van der Waals surface area contributed by atoms with Crippen molar-refractivity contribution in [3.05, 3.63) is 223 Å². The molecule has 0 N–H and O–H groups in total. The van der Waals surface area contributed by atoms with Crippen LogP contribution in [0.4, 0.5) is 17.1 Å². The zero-order chi connectivity index (χ0) is 44.1. The van der Waals surface area contributed by atoms with E-state index in [1.54, 1.807) is 11.1 Å². The lowest BCUT2D eigenvalue weighted by molar-refractivity contribution is 0.191. The summed E-state index contributed by atoms with van der Waals surface area (Å²) in [5, 5.41) is 2.50. The van der Waals surface area contributed by atoms with Crippen molar-refractivity contribution in [2.45, 2.75) is 57.3 Å². The lowest BCUT2D eigenvalue weighted by atomic mass is 9.59. The summed E-state index contributed by atoms with van der Waals surface area (Å²) in [7, 11) is 0. The molecule has 5 atom stereocenters. The van der Waals surface area contributed by atoms with Crippen LogP contribution in [0.25, 0.3) is 66.4 Å². The second-order valence-electron chi connectivity index (χ2n) is 20.9. The lowest BCUT2D eigenvalue weighted by Gasteiger charge is -2.44. The Labute approximate surface area is 390 Å². The van der Waals surface area contributed by atoms with Gasteiger partial charge in [-0.3, -0.25) is 0 Å². The van der Waals surface area contributed by atoms with Gasteiger partial charge in [-0.1, -0.05) is 197 Å². The average molecular weight is 850 g/mol. The summed E-state index contributed by atoms with van der Waals surface area (Å²) < 4.78 is 0. The van der Waals surface area contributed by atoms with Gasteiger partial charge in [-0.25, -0.2) is 0 Å². The molecule has 66 heavy (non-hydrogen) atoms. The van der Waals surface area contributed by atoms with Crippen LogP contribution in [0.5, 0.6) is 0 Å². The van der Waals surface area contributed by atoms with E-state index in [2.05, 4.69) is 232 Å². The van der Waals surface area contributed by atoms with Gasteiger partial charge in [-0.2, -0.15) is 0 Å². The quantitative estimate of drug-likeness (QED) is 0.154. The second-order valence-corrected chi connectivity index (χ2v) is 20.9. The van der Waals surface area contributed by atoms with Crippen LogP contribution in [0.15, 0.2) is 206 Å². The minimum atomic E-state index is -0.0535. The zero-order valence-corrected chi connectivity index (χ0v) is 38.2. The van der Waals surface area contributed by atoms with Crippen LogP contribution in [0.1, 0.15) is 63.1 Å². The van der Waals surface area contributed by atoms with E-state index >= 15 is 0 Å². The maximum absolute atomic E-state index is 2.62. The summed E-state index contributed by atoms with van der Waals surface area (Å²) in [5.41, 5.74) is 20.9. The smallest absolute Gasteiger partial charge is 0.0543 e. The molecule has 9 aromatic rings. The van der Waals surface area contributed by atoms with E-state index in [0.29, 0.717) is 0 Å². The van der Waals surface area contributed by atoms with Gasteiger partial charge in [0.2, 0.25) is 0 Å². The fraction of sp³-hybridized carbons (Fsp3) is 0.200. The van der Waals surface area contributed by atoms with Gasteiger partial charge in [0.1, 0.15) is 0 Å². The predicted octanol–water partition coefficient (Wildman–Crippen LogP) is 17.6. The number of rotatable bonds is 7. The fourth-order valence-electron chi connectivity index (χ4n) is 13.7. The molecule has 5 aliphatic rings. The average Bonchev–Trinajstić information content (AvgIpc) is 3.91. The van der Waals surface area contributed by atoms with E-state index < -0.39 is 0 Å². The standard InChI is InChI=1S/C65H55N/c1-64(2,3)49-31-35-52(44-16-6-4-7-17-44)62(41-49)66(61-27-13-11-23-56(61)57-25-15-21-46-20-14-24-53(63(46)57)45-18-8-5-9-19-45)51-32-28-43(29-33-51)47-30-34-55-54-22-10-12-26-58(54)65(60(55)40-47)50-37-42-36-48(39-50)59(65)38-42/h4-35,40-42,48,50,59H,36-39H2,1-3H3. The highest BCUT2D eigenvalue weighted by molar-refractivity contribution is 6.09. The molecule has 0 aromatic heterocycles.